The van der Waals surface area contributed by atoms with Crippen molar-refractivity contribution in [3.05, 3.63) is 42.0 Å². The van der Waals surface area contributed by atoms with E-state index in [0.29, 0.717) is 25.2 Å². The normalized spacial score (nSPS) is 21.7. The van der Waals surface area contributed by atoms with Crippen LogP contribution in [-0.4, -0.2) is 47.6 Å². The lowest BCUT2D eigenvalue weighted by atomic mass is 9.90. The summed E-state index contributed by atoms with van der Waals surface area (Å²) in [5, 5.41) is 19.6. The molecular formula is C19H26N6O. The summed E-state index contributed by atoms with van der Waals surface area (Å²) < 4.78 is 3.94. The minimum absolute atomic E-state index is 0.236. The summed E-state index contributed by atoms with van der Waals surface area (Å²) in [7, 11) is 2.05. The highest BCUT2D eigenvalue weighted by Crippen LogP contribution is 2.31. The number of likely N-dealkylation sites (tertiary alicyclic amines) is 1. The lowest BCUT2D eigenvalue weighted by Crippen LogP contribution is -2.46. The molecule has 0 amide bonds. The summed E-state index contributed by atoms with van der Waals surface area (Å²) in [6, 6.07) is 8.40. The lowest BCUT2D eigenvalue weighted by Gasteiger charge is -2.37. The SMILES string of the molecule is CC(C)n1cc(C2(O)CCCN(Cc3nc4ccccc4n3C)C2)nn1. The van der Waals surface area contributed by atoms with E-state index in [9.17, 15) is 5.11 Å². The third-order valence-electron chi connectivity index (χ3n) is 5.31. The molecule has 1 unspecified atom stereocenters. The van der Waals surface area contributed by atoms with Crippen molar-refractivity contribution in [3.63, 3.8) is 0 Å². The number of hydrogen-bond donors (Lipinski definition) is 1. The third kappa shape index (κ3) is 3.01. The second kappa shape index (κ2) is 6.48. The molecule has 0 aliphatic carbocycles. The first-order valence-corrected chi connectivity index (χ1v) is 9.24. The standard InChI is InChI=1S/C19H26N6O/c1-14(2)25-11-17(21-22-25)19(26)9-6-10-24(13-19)12-18-20-15-7-4-5-8-16(15)23(18)3/h4-5,7-8,11,14,26H,6,9-10,12-13H2,1-3H3. The lowest BCUT2D eigenvalue weighted by molar-refractivity contribution is -0.0422. The number of aryl methyl sites for hydroxylation is 1. The number of benzene rings is 1. The molecule has 3 heterocycles. The highest BCUT2D eigenvalue weighted by Gasteiger charge is 2.38. The molecule has 0 bridgehead atoms. The number of para-hydroxylation sites is 2. The molecule has 1 N–H and O–H groups in total. The number of fused-ring (bicyclic) bond motifs is 1. The van der Waals surface area contributed by atoms with Crippen LogP contribution >= 0.6 is 0 Å². The Bertz CT molecular complexity index is 914. The molecular weight excluding hydrogens is 328 g/mol. The molecule has 1 aromatic carbocycles. The molecule has 26 heavy (non-hydrogen) atoms. The van der Waals surface area contributed by atoms with Gasteiger partial charge in [-0.25, -0.2) is 9.67 Å². The third-order valence-corrected chi connectivity index (χ3v) is 5.31. The number of aliphatic hydroxyl groups is 1. The molecule has 2 aromatic heterocycles. The maximum Gasteiger partial charge on any atom is 0.123 e. The van der Waals surface area contributed by atoms with Crippen LogP contribution in [0.15, 0.2) is 30.5 Å². The number of imidazole rings is 1. The smallest absolute Gasteiger partial charge is 0.123 e. The molecule has 0 radical (unpaired) electrons. The minimum Gasteiger partial charge on any atom is -0.382 e. The summed E-state index contributed by atoms with van der Waals surface area (Å²) >= 11 is 0. The van der Waals surface area contributed by atoms with Crippen LogP contribution in [0.1, 0.15) is 44.2 Å². The Balaban J connectivity index is 1.55. The summed E-state index contributed by atoms with van der Waals surface area (Å²) in [6.07, 6.45) is 3.51. The van der Waals surface area contributed by atoms with Crippen LogP contribution in [0.3, 0.4) is 0 Å². The molecule has 1 fully saturated rings. The molecule has 1 aliphatic heterocycles. The van der Waals surface area contributed by atoms with Gasteiger partial charge >= 0.3 is 0 Å². The van der Waals surface area contributed by atoms with Crippen molar-refractivity contribution in [2.24, 2.45) is 7.05 Å². The predicted molar refractivity (Wildman–Crippen MR) is 99.5 cm³/mol. The maximum atomic E-state index is 11.2. The number of aromatic nitrogens is 5. The fourth-order valence-electron chi connectivity index (χ4n) is 3.75. The van der Waals surface area contributed by atoms with Gasteiger partial charge < -0.3 is 9.67 Å². The van der Waals surface area contributed by atoms with Crippen LogP contribution in [0.25, 0.3) is 11.0 Å². The summed E-state index contributed by atoms with van der Waals surface area (Å²) in [5.41, 5.74) is 1.86. The van der Waals surface area contributed by atoms with Crippen LogP contribution in [0.5, 0.6) is 0 Å². The van der Waals surface area contributed by atoms with Crippen LogP contribution in [0.2, 0.25) is 0 Å². The number of hydrogen-bond acceptors (Lipinski definition) is 5. The van der Waals surface area contributed by atoms with Crippen molar-refractivity contribution in [2.45, 2.75) is 44.9 Å². The summed E-state index contributed by atoms with van der Waals surface area (Å²) in [4.78, 5) is 7.02. The van der Waals surface area contributed by atoms with E-state index in [1.807, 2.05) is 24.4 Å². The highest BCUT2D eigenvalue weighted by atomic mass is 16.3. The van der Waals surface area contributed by atoms with E-state index in [1.165, 1.54) is 0 Å². The van der Waals surface area contributed by atoms with Gasteiger partial charge in [-0.3, -0.25) is 4.90 Å². The number of β-amino-alcohol motifs (C(OH)–C–C–N with tert-alkyl or cyclic N) is 1. The van der Waals surface area contributed by atoms with Gasteiger partial charge in [0.15, 0.2) is 0 Å². The van der Waals surface area contributed by atoms with Crippen LogP contribution in [-0.2, 0) is 19.2 Å². The number of piperidine rings is 1. The number of rotatable bonds is 4. The van der Waals surface area contributed by atoms with Gasteiger partial charge in [-0.2, -0.15) is 0 Å². The van der Waals surface area contributed by atoms with Gasteiger partial charge in [-0.1, -0.05) is 17.3 Å². The van der Waals surface area contributed by atoms with E-state index in [2.05, 4.69) is 46.7 Å². The average Bonchev–Trinajstić information content (AvgIpc) is 3.22. The summed E-state index contributed by atoms with van der Waals surface area (Å²) in [6.45, 7) is 6.32. The largest absolute Gasteiger partial charge is 0.382 e. The Labute approximate surface area is 153 Å². The Morgan fingerprint density at radius 1 is 1.27 bits per heavy atom. The van der Waals surface area contributed by atoms with Gasteiger partial charge in [0.2, 0.25) is 0 Å². The number of nitrogens with zero attached hydrogens (tertiary/aromatic N) is 6. The van der Waals surface area contributed by atoms with E-state index in [1.54, 1.807) is 4.68 Å². The Morgan fingerprint density at radius 3 is 2.81 bits per heavy atom. The monoisotopic (exact) mass is 354 g/mol. The van der Waals surface area contributed by atoms with Crippen molar-refractivity contribution in [1.29, 1.82) is 0 Å². The zero-order chi connectivity index (χ0) is 18.3. The minimum atomic E-state index is -0.948. The van der Waals surface area contributed by atoms with E-state index in [4.69, 9.17) is 4.98 Å². The summed E-state index contributed by atoms with van der Waals surface area (Å²) in [5.74, 6) is 1.02. The van der Waals surface area contributed by atoms with Gasteiger partial charge in [0, 0.05) is 19.6 Å². The molecule has 4 rings (SSSR count). The Morgan fingerprint density at radius 2 is 2.08 bits per heavy atom. The fraction of sp³-hybridized carbons (Fsp3) is 0.526. The van der Waals surface area contributed by atoms with Crippen molar-refractivity contribution in [1.82, 2.24) is 29.4 Å². The molecule has 138 valence electrons. The molecule has 0 spiro atoms. The van der Waals surface area contributed by atoms with Crippen molar-refractivity contribution < 1.29 is 5.11 Å². The van der Waals surface area contributed by atoms with Gasteiger partial charge in [0.05, 0.1) is 23.8 Å². The Hall–Kier alpha value is -2.25. The first kappa shape index (κ1) is 17.2. The van der Waals surface area contributed by atoms with E-state index in [0.717, 1.165) is 29.8 Å². The first-order valence-electron chi connectivity index (χ1n) is 9.24. The van der Waals surface area contributed by atoms with Crippen LogP contribution in [0.4, 0.5) is 0 Å². The molecule has 3 aromatic rings. The van der Waals surface area contributed by atoms with Crippen molar-refractivity contribution in [3.8, 4) is 0 Å². The van der Waals surface area contributed by atoms with Gasteiger partial charge in [-0.05, 0) is 45.4 Å². The van der Waals surface area contributed by atoms with E-state index >= 15 is 0 Å². The topological polar surface area (TPSA) is 72.0 Å². The molecule has 0 saturated carbocycles. The molecule has 7 nitrogen and oxygen atoms in total. The second-order valence-corrected chi connectivity index (χ2v) is 7.60. The van der Waals surface area contributed by atoms with Gasteiger partial charge in [-0.15, -0.1) is 5.10 Å². The zero-order valence-corrected chi connectivity index (χ0v) is 15.6. The highest BCUT2D eigenvalue weighted by molar-refractivity contribution is 5.75. The first-order chi connectivity index (χ1) is 12.5. The zero-order valence-electron chi connectivity index (χ0n) is 15.6. The van der Waals surface area contributed by atoms with Crippen LogP contribution in [0, 0.1) is 0 Å². The molecule has 1 aliphatic rings. The molecule has 7 heteroatoms. The molecule has 1 saturated heterocycles. The average molecular weight is 354 g/mol. The molecule has 1 atom stereocenters. The van der Waals surface area contributed by atoms with E-state index in [-0.39, 0.29) is 6.04 Å². The van der Waals surface area contributed by atoms with E-state index < -0.39 is 5.60 Å². The fourth-order valence-corrected chi connectivity index (χ4v) is 3.75. The van der Waals surface area contributed by atoms with Crippen molar-refractivity contribution in [2.75, 3.05) is 13.1 Å². The maximum absolute atomic E-state index is 11.2. The van der Waals surface area contributed by atoms with Gasteiger partial charge in [0.25, 0.3) is 0 Å². The Kier molecular flexibility index (Phi) is 4.28. The second-order valence-electron chi connectivity index (χ2n) is 7.60. The van der Waals surface area contributed by atoms with Crippen LogP contribution < -0.4 is 0 Å². The van der Waals surface area contributed by atoms with Crippen molar-refractivity contribution >= 4 is 11.0 Å². The quantitative estimate of drug-likeness (QED) is 0.778. The predicted octanol–water partition coefficient (Wildman–Crippen LogP) is 2.23. The van der Waals surface area contributed by atoms with Gasteiger partial charge in [0.1, 0.15) is 17.1 Å².